The average Bonchev–Trinajstić information content (AvgIpc) is 2.67. The van der Waals surface area contributed by atoms with Crippen molar-refractivity contribution in [1.29, 1.82) is 0 Å². The van der Waals surface area contributed by atoms with Gasteiger partial charge in [-0.05, 0) is 56.8 Å². The molecule has 1 aliphatic heterocycles. The topological polar surface area (TPSA) is 86.9 Å². The zero-order valence-electron chi connectivity index (χ0n) is 15.2. The zero-order valence-corrected chi connectivity index (χ0v) is 15.2. The van der Waals surface area contributed by atoms with Crippen LogP contribution in [-0.4, -0.2) is 29.0 Å². The number of amides is 1. The first-order valence-electron chi connectivity index (χ1n) is 9.35. The molecule has 0 aliphatic carbocycles. The minimum Gasteiger partial charge on any atom is -0.326 e. The van der Waals surface area contributed by atoms with Crippen LogP contribution in [0.4, 0.5) is 5.69 Å². The van der Waals surface area contributed by atoms with E-state index in [4.69, 9.17) is 0 Å². The number of aryl methyl sites for hydroxylation is 1. The predicted molar refractivity (Wildman–Crippen MR) is 103 cm³/mol. The van der Waals surface area contributed by atoms with Crippen molar-refractivity contribution in [2.45, 2.75) is 39.0 Å². The minimum atomic E-state index is -0.164. The summed E-state index contributed by atoms with van der Waals surface area (Å²) in [6.45, 7) is 4.07. The van der Waals surface area contributed by atoms with Crippen molar-refractivity contribution in [3.8, 4) is 11.4 Å². The van der Waals surface area contributed by atoms with E-state index < -0.39 is 0 Å². The largest absolute Gasteiger partial charge is 0.326 e. The fourth-order valence-electron chi connectivity index (χ4n) is 3.30. The summed E-state index contributed by atoms with van der Waals surface area (Å²) in [5, 5.41) is 6.30. The van der Waals surface area contributed by atoms with Crippen molar-refractivity contribution in [2.75, 3.05) is 18.4 Å². The van der Waals surface area contributed by atoms with Gasteiger partial charge in [0.1, 0.15) is 5.82 Å². The number of nitrogens with zero attached hydrogens (tertiary/aromatic N) is 1. The first kappa shape index (κ1) is 18.3. The summed E-state index contributed by atoms with van der Waals surface area (Å²) in [5.74, 6) is 1.20. The highest BCUT2D eigenvalue weighted by Gasteiger charge is 2.14. The van der Waals surface area contributed by atoms with Crippen LogP contribution < -0.4 is 16.2 Å². The van der Waals surface area contributed by atoms with E-state index in [1.165, 1.54) is 6.07 Å². The lowest BCUT2D eigenvalue weighted by molar-refractivity contribution is -0.116. The van der Waals surface area contributed by atoms with Crippen molar-refractivity contribution >= 4 is 11.6 Å². The van der Waals surface area contributed by atoms with Crippen molar-refractivity contribution in [3.63, 3.8) is 0 Å². The standard InChI is InChI=1S/C20H26N4O2/c1-2-16-13-19(26)24-20(23-16)15-4-3-5-17(12-15)22-18(25)7-6-14-8-10-21-11-9-14/h3-5,12-14,21H,2,6-11H2,1H3,(H,22,25)(H,23,24,26). The number of aromatic nitrogens is 2. The third-order valence-electron chi connectivity index (χ3n) is 4.82. The number of aromatic amines is 1. The highest BCUT2D eigenvalue weighted by molar-refractivity contribution is 5.91. The summed E-state index contributed by atoms with van der Waals surface area (Å²) in [4.78, 5) is 31.3. The van der Waals surface area contributed by atoms with Gasteiger partial charge in [-0.2, -0.15) is 0 Å². The Hall–Kier alpha value is -2.47. The number of carbonyl (C=O) groups is 1. The second-order valence-corrected chi connectivity index (χ2v) is 6.80. The quantitative estimate of drug-likeness (QED) is 0.744. The van der Waals surface area contributed by atoms with Gasteiger partial charge in [-0.1, -0.05) is 19.1 Å². The Bertz CT molecular complexity index is 809. The molecule has 0 bridgehead atoms. The van der Waals surface area contributed by atoms with Crippen LogP contribution in [0.1, 0.15) is 38.3 Å². The SMILES string of the molecule is CCc1cc(=O)[nH]c(-c2cccc(NC(=O)CCC3CCNCC3)c2)n1. The number of hydrogen-bond donors (Lipinski definition) is 3. The van der Waals surface area contributed by atoms with Crippen LogP contribution in [0.5, 0.6) is 0 Å². The van der Waals surface area contributed by atoms with Crippen LogP contribution >= 0.6 is 0 Å². The number of benzene rings is 1. The van der Waals surface area contributed by atoms with Gasteiger partial charge in [0.05, 0.1) is 0 Å². The van der Waals surface area contributed by atoms with Gasteiger partial charge in [-0.25, -0.2) is 4.98 Å². The molecule has 0 radical (unpaired) electrons. The Labute approximate surface area is 153 Å². The number of nitrogens with one attached hydrogen (secondary N) is 3. The van der Waals surface area contributed by atoms with Gasteiger partial charge in [0.25, 0.3) is 5.56 Å². The van der Waals surface area contributed by atoms with Crippen LogP contribution in [0, 0.1) is 5.92 Å². The number of hydrogen-bond acceptors (Lipinski definition) is 4. The van der Waals surface area contributed by atoms with Crippen molar-refractivity contribution in [1.82, 2.24) is 15.3 Å². The second kappa shape index (κ2) is 8.76. The number of carbonyl (C=O) groups excluding carboxylic acids is 1. The van der Waals surface area contributed by atoms with Crippen LogP contribution in [0.2, 0.25) is 0 Å². The number of H-pyrrole nitrogens is 1. The van der Waals surface area contributed by atoms with Crippen LogP contribution in [-0.2, 0) is 11.2 Å². The van der Waals surface area contributed by atoms with E-state index in [-0.39, 0.29) is 11.5 Å². The maximum atomic E-state index is 12.3. The maximum absolute atomic E-state index is 12.3. The molecule has 1 aromatic carbocycles. The van der Waals surface area contributed by atoms with Crippen LogP contribution in [0.3, 0.4) is 0 Å². The molecule has 6 nitrogen and oxygen atoms in total. The van der Waals surface area contributed by atoms with E-state index in [0.717, 1.165) is 49.3 Å². The third-order valence-corrected chi connectivity index (χ3v) is 4.82. The van der Waals surface area contributed by atoms with Gasteiger partial charge in [0, 0.05) is 29.4 Å². The molecule has 138 valence electrons. The molecule has 1 saturated heterocycles. The van der Waals surface area contributed by atoms with Crippen molar-refractivity contribution < 1.29 is 4.79 Å². The number of piperidine rings is 1. The lowest BCUT2D eigenvalue weighted by Gasteiger charge is -2.22. The molecule has 26 heavy (non-hydrogen) atoms. The Balaban J connectivity index is 1.64. The first-order valence-corrected chi connectivity index (χ1v) is 9.35. The summed E-state index contributed by atoms with van der Waals surface area (Å²) in [6.07, 6.45) is 4.46. The van der Waals surface area contributed by atoms with Gasteiger partial charge in [-0.15, -0.1) is 0 Å². The molecule has 1 fully saturated rings. The Morgan fingerprint density at radius 1 is 1.27 bits per heavy atom. The Morgan fingerprint density at radius 3 is 2.85 bits per heavy atom. The second-order valence-electron chi connectivity index (χ2n) is 6.80. The van der Waals surface area contributed by atoms with Crippen molar-refractivity contribution in [3.05, 3.63) is 46.4 Å². The fourth-order valence-corrected chi connectivity index (χ4v) is 3.30. The molecule has 1 aromatic heterocycles. The van der Waals surface area contributed by atoms with Crippen molar-refractivity contribution in [2.24, 2.45) is 5.92 Å². The molecule has 0 saturated carbocycles. The summed E-state index contributed by atoms with van der Waals surface area (Å²) in [7, 11) is 0. The molecular formula is C20H26N4O2. The molecule has 3 N–H and O–H groups in total. The van der Waals surface area contributed by atoms with Gasteiger partial charge in [0.2, 0.25) is 5.91 Å². The monoisotopic (exact) mass is 354 g/mol. The normalized spacial score (nSPS) is 15.0. The smallest absolute Gasteiger partial charge is 0.251 e. The Kier molecular flexibility index (Phi) is 6.17. The van der Waals surface area contributed by atoms with Gasteiger partial charge >= 0.3 is 0 Å². The summed E-state index contributed by atoms with van der Waals surface area (Å²) < 4.78 is 0. The molecule has 0 spiro atoms. The predicted octanol–water partition coefficient (Wildman–Crippen LogP) is 2.72. The third kappa shape index (κ3) is 5.02. The molecule has 2 heterocycles. The van der Waals surface area contributed by atoms with Gasteiger partial charge in [-0.3, -0.25) is 9.59 Å². The van der Waals surface area contributed by atoms with Gasteiger partial charge < -0.3 is 15.6 Å². The van der Waals surface area contributed by atoms with E-state index in [1.807, 2.05) is 31.2 Å². The lowest BCUT2D eigenvalue weighted by Crippen LogP contribution is -2.28. The highest BCUT2D eigenvalue weighted by Crippen LogP contribution is 2.21. The average molecular weight is 354 g/mol. The minimum absolute atomic E-state index is 0.0319. The number of anilines is 1. The summed E-state index contributed by atoms with van der Waals surface area (Å²) in [6, 6.07) is 8.95. The van der Waals surface area contributed by atoms with Gasteiger partial charge in [0.15, 0.2) is 0 Å². The van der Waals surface area contributed by atoms with E-state index in [0.29, 0.717) is 24.6 Å². The summed E-state index contributed by atoms with van der Waals surface area (Å²) >= 11 is 0. The lowest BCUT2D eigenvalue weighted by atomic mass is 9.93. The molecule has 1 aliphatic rings. The summed E-state index contributed by atoms with van der Waals surface area (Å²) in [5.41, 5.74) is 2.10. The van der Waals surface area contributed by atoms with E-state index in [2.05, 4.69) is 20.6 Å². The molecular weight excluding hydrogens is 328 g/mol. The molecule has 0 atom stereocenters. The van der Waals surface area contributed by atoms with E-state index in [9.17, 15) is 9.59 Å². The fraction of sp³-hybridized carbons (Fsp3) is 0.450. The molecule has 6 heteroatoms. The highest BCUT2D eigenvalue weighted by atomic mass is 16.1. The van der Waals surface area contributed by atoms with Crippen LogP contribution in [0.25, 0.3) is 11.4 Å². The Morgan fingerprint density at radius 2 is 2.08 bits per heavy atom. The first-order chi connectivity index (χ1) is 12.6. The number of rotatable bonds is 6. The molecule has 3 rings (SSSR count). The molecule has 2 aromatic rings. The zero-order chi connectivity index (χ0) is 18.4. The van der Waals surface area contributed by atoms with Crippen LogP contribution in [0.15, 0.2) is 35.1 Å². The maximum Gasteiger partial charge on any atom is 0.251 e. The molecule has 0 unspecified atom stereocenters. The molecule has 1 amide bonds. The van der Waals surface area contributed by atoms with E-state index >= 15 is 0 Å². The van der Waals surface area contributed by atoms with E-state index in [1.54, 1.807) is 0 Å².